The molecular weight excluding hydrogens is 178 g/mol. The Balaban J connectivity index is 2.55. The van der Waals surface area contributed by atoms with Crippen molar-refractivity contribution in [2.45, 2.75) is 6.92 Å². The van der Waals surface area contributed by atoms with E-state index < -0.39 is 0 Å². The van der Waals surface area contributed by atoms with Crippen LogP contribution in [-0.4, -0.2) is 11.5 Å². The van der Waals surface area contributed by atoms with Crippen molar-refractivity contribution >= 4 is 12.5 Å². The number of allylic oxidation sites excluding steroid dienone is 2. The highest BCUT2D eigenvalue weighted by Gasteiger charge is 1.86. The Kier molecular flexibility index (Phi) is 4.14. The first-order valence-corrected chi connectivity index (χ1v) is 4.18. The van der Waals surface area contributed by atoms with Crippen molar-refractivity contribution in [3.05, 3.63) is 48.0 Å². The summed E-state index contributed by atoms with van der Waals surface area (Å²) in [6.07, 6.45) is 8.40. The van der Waals surface area contributed by atoms with Gasteiger partial charge in [-0.15, -0.1) is 0 Å². The van der Waals surface area contributed by atoms with Crippen LogP contribution in [0.3, 0.4) is 0 Å². The fourth-order valence-corrected chi connectivity index (χ4v) is 0.961. The SMILES string of the molecule is Cc1cc(C=CC=COC=O)ccn1. The fourth-order valence-electron chi connectivity index (χ4n) is 0.961. The number of hydrogen-bond acceptors (Lipinski definition) is 3. The van der Waals surface area contributed by atoms with Gasteiger partial charge in [0.1, 0.15) is 0 Å². The molecule has 0 atom stereocenters. The highest BCUT2D eigenvalue weighted by atomic mass is 16.5. The summed E-state index contributed by atoms with van der Waals surface area (Å²) < 4.78 is 4.37. The van der Waals surface area contributed by atoms with Gasteiger partial charge in [-0.3, -0.25) is 9.78 Å². The van der Waals surface area contributed by atoms with Crippen molar-refractivity contribution in [1.29, 1.82) is 0 Å². The van der Waals surface area contributed by atoms with Crippen LogP contribution in [0.25, 0.3) is 6.08 Å². The van der Waals surface area contributed by atoms with Crippen LogP contribution in [-0.2, 0) is 9.53 Å². The Bertz CT molecular complexity index is 356. The van der Waals surface area contributed by atoms with Gasteiger partial charge in [-0.05, 0) is 30.7 Å². The van der Waals surface area contributed by atoms with E-state index in [9.17, 15) is 4.79 Å². The van der Waals surface area contributed by atoms with Crippen LogP contribution >= 0.6 is 0 Å². The number of carbonyl (C=O) groups is 1. The lowest BCUT2D eigenvalue weighted by Gasteiger charge is -1.93. The van der Waals surface area contributed by atoms with Crippen LogP contribution in [0.1, 0.15) is 11.3 Å². The van der Waals surface area contributed by atoms with Crippen LogP contribution in [0.4, 0.5) is 0 Å². The van der Waals surface area contributed by atoms with Gasteiger partial charge in [0.2, 0.25) is 0 Å². The molecule has 1 aromatic rings. The average molecular weight is 189 g/mol. The molecule has 14 heavy (non-hydrogen) atoms. The maximum atomic E-state index is 9.78. The number of pyridine rings is 1. The summed E-state index contributed by atoms with van der Waals surface area (Å²) in [6.45, 7) is 2.31. The highest BCUT2D eigenvalue weighted by molar-refractivity contribution is 5.50. The third kappa shape index (κ3) is 3.67. The molecule has 1 rings (SSSR count). The molecule has 0 N–H and O–H groups in total. The standard InChI is InChI=1S/C11H11NO2/c1-10-8-11(5-6-12-10)4-2-3-7-14-9-13/h2-9H,1H3. The predicted octanol–water partition coefficient (Wildman–Crippen LogP) is 2.09. The number of aryl methyl sites for hydroxylation is 1. The number of aromatic nitrogens is 1. The Morgan fingerprint density at radius 3 is 3.00 bits per heavy atom. The molecule has 0 unspecified atom stereocenters. The topological polar surface area (TPSA) is 39.2 Å². The first kappa shape index (κ1) is 10.2. The third-order valence-corrected chi connectivity index (χ3v) is 1.53. The molecule has 0 saturated heterocycles. The maximum absolute atomic E-state index is 9.78. The second-order valence-electron chi connectivity index (χ2n) is 2.65. The van der Waals surface area contributed by atoms with Crippen molar-refractivity contribution in [1.82, 2.24) is 4.98 Å². The van der Waals surface area contributed by atoms with Gasteiger partial charge < -0.3 is 4.74 Å². The van der Waals surface area contributed by atoms with E-state index in [-0.39, 0.29) is 0 Å². The monoisotopic (exact) mass is 189 g/mol. The van der Waals surface area contributed by atoms with Crippen LogP contribution < -0.4 is 0 Å². The zero-order chi connectivity index (χ0) is 10.2. The molecule has 0 aliphatic heterocycles. The summed E-state index contributed by atoms with van der Waals surface area (Å²) in [5.41, 5.74) is 2.04. The quantitative estimate of drug-likeness (QED) is 0.413. The fraction of sp³-hybridized carbons (Fsp3) is 0.0909. The van der Waals surface area contributed by atoms with Gasteiger partial charge in [0.15, 0.2) is 0 Å². The summed E-state index contributed by atoms with van der Waals surface area (Å²) in [6, 6.07) is 3.86. The van der Waals surface area contributed by atoms with E-state index in [0.29, 0.717) is 6.47 Å². The normalized spacial score (nSPS) is 10.9. The minimum atomic E-state index is 0.376. The molecule has 0 spiro atoms. The minimum absolute atomic E-state index is 0.376. The lowest BCUT2D eigenvalue weighted by Crippen LogP contribution is -1.79. The van der Waals surface area contributed by atoms with Crippen molar-refractivity contribution in [3.8, 4) is 0 Å². The zero-order valence-electron chi connectivity index (χ0n) is 7.88. The van der Waals surface area contributed by atoms with Crippen LogP contribution in [0.15, 0.2) is 36.7 Å². The predicted molar refractivity (Wildman–Crippen MR) is 54.3 cm³/mol. The molecule has 0 fully saturated rings. The van der Waals surface area contributed by atoms with Gasteiger partial charge in [0.25, 0.3) is 6.47 Å². The largest absolute Gasteiger partial charge is 0.437 e. The molecule has 0 bridgehead atoms. The lowest BCUT2D eigenvalue weighted by molar-refractivity contribution is -0.123. The number of rotatable bonds is 4. The molecule has 0 radical (unpaired) electrons. The first-order chi connectivity index (χ1) is 6.83. The van der Waals surface area contributed by atoms with Crippen LogP contribution in [0.5, 0.6) is 0 Å². The summed E-state index contributed by atoms with van der Waals surface area (Å²) in [5.74, 6) is 0. The lowest BCUT2D eigenvalue weighted by atomic mass is 10.2. The van der Waals surface area contributed by atoms with Gasteiger partial charge in [0.05, 0.1) is 6.26 Å². The van der Waals surface area contributed by atoms with E-state index in [0.717, 1.165) is 11.3 Å². The third-order valence-electron chi connectivity index (χ3n) is 1.53. The van der Waals surface area contributed by atoms with E-state index in [4.69, 9.17) is 0 Å². The maximum Gasteiger partial charge on any atom is 0.297 e. The van der Waals surface area contributed by atoms with Crippen molar-refractivity contribution in [2.24, 2.45) is 0 Å². The summed E-state index contributed by atoms with van der Waals surface area (Å²) in [5, 5.41) is 0. The smallest absolute Gasteiger partial charge is 0.297 e. The van der Waals surface area contributed by atoms with Crippen LogP contribution in [0.2, 0.25) is 0 Å². The minimum Gasteiger partial charge on any atom is -0.437 e. The van der Waals surface area contributed by atoms with E-state index in [2.05, 4.69) is 9.72 Å². The number of ether oxygens (including phenoxy) is 1. The van der Waals surface area contributed by atoms with E-state index >= 15 is 0 Å². The molecule has 0 aliphatic rings. The summed E-state index contributed by atoms with van der Waals surface area (Å²) >= 11 is 0. The van der Waals surface area contributed by atoms with E-state index in [1.165, 1.54) is 6.26 Å². The average Bonchev–Trinajstić information content (AvgIpc) is 2.18. The Morgan fingerprint density at radius 1 is 1.43 bits per heavy atom. The molecule has 3 nitrogen and oxygen atoms in total. The van der Waals surface area contributed by atoms with Gasteiger partial charge in [-0.1, -0.05) is 12.2 Å². The summed E-state index contributed by atoms with van der Waals surface area (Å²) in [7, 11) is 0. The molecule has 0 aliphatic carbocycles. The van der Waals surface area contributed by atoms with E-state index in [1.807, 2.05) is 25.1 Å². The van der Waals surface area contributed by atoms with Crippen molar-refractivity contribution in [3.63, 3.8) is 0 Å². The van der Waals surface area contributed by atoms with Crippen molar-refractivity contribution < 1.29 is 9.53 Å². The molecule has 1 aromatic heterocycles. The number of carbonyl (C=O) groups excluding carboxylic acids is 1. The summed E-state index contributed by atoms with van der Waals surface area (Å²) in [4.78, 5) is 13.9. The second kappa shape index (κ2) is 5.70. The molecule has 3 heteroatoms. The number of nitrogens with zero attached hydrogens (tertiary/aromatic N) is 1. The molecule has 0 saturated carbocycles. The second-order valence-corrected chi connectivity index (χ2v) is 2.65. The molecule has 0 aromatic carbocycles. The van der Waals surface area contributed by atoms with Crippen molar-refractivity contribution in [2.75, 3.05) is 0 Å². The zero-order valence-corrected chi connectivity index (χ0v) is 7.88. The Morgan fingerprint density at radius 2 is 2.29 bits per heavy atom. The number of hydrogen-bond donors (Lipinski definition) is 0. The van der Waals surface area contributed by atoms with Crippen LogP contribution in [0, 0.1) is 6.92 Å². The molecule has 0 amide bonds. The highest BCUT2D eigenvalue weighted by Crippen LogP contribution is 2.02. The first-order valence-electron chi connectivity index (χ1n) is 4.18. The Labute approximate surface area is 82.7 Å². The molecular formula is C11H11NO2. The molecule has 1 heterocycles. The van der Waals surface area contributed by atoms with E-state index in [1.54, 1.807) is 18.3 Å². The van der Waals surface area contributed by atoms with Gasteiger partial charge in [-0.25, -0.2) is 0 Å². The van der Waals surface area contributed by atoms with Gasteiger partial charge in [0, 0.05) is 11.9 Å². The van der Waals surface area contributed by atoms with Gasteiger partial charge in [-0.2, -0.15) is 0 Å². The Hall–Kier alpha value is -1.90. The molecule has 72 valence electrons. The van der Waals surface area contributed by atoms with Gasteiger partial charge >= 0.3 is 0 Å².